The Bertz CT molecular complexity index is 673. The smallest absolute Gasteiger partial charge is 0.311 e. The van der Waals surface area contributed by atoms with Crippen molar-refractivity contribution in [2.75, 3.05) is 18.4 Å². The lowest BCUT2D eigenvalue weighted by molar-refractivity contribution is -0.149. The molecule has 0 bridgehead atoms. The van der Waals surface area contributed by atoms with E-state index in [9.17, 15) is 14.7 Å². The van der Waals surface area contributed by atoms with Crippen molar-refractivity contribution in [1.29, 1.82) is 0 Å². The molecule has 1 saturated heterocycles. The molecule has 0 radical (unpaired) electrons. The number of aryl methyl sites for hydroxylation is 2. The normalized spacial score (nSPS) is 27.7. The van der Waals surface area contributed by atoms with E-state index in [0.717, 1.165) is 30.5 Å². The van der Waals surface area contributed by atoms with Gasteiger partial charge in [-0.15, -0.1) is 0 Å². The number of nitrogens with one attached hydrogen (secondary N) is 1. The molecule has 2 aliphatic rings. The van der Waals surface area contributed by atoms with E-state index in [-0.39, 0.29) is 17.9 Å². The van der Waals surface area contributed by atoms with Gasteiger partial charge in [0.25, 0.3) is 0 Å². The van der Waals surface area contributed by atoms with Crippen molar-refractivity contribution in [1.82, 2.24) is 4.90 Å². The standard InChI is InChI=1S/C19H26N2O3/c1-12-6-7-16(9-13(12)2)20-17(22)14(3)21-10-15-5-4-8-19(15,11-21)18(23)24/h6-7,9,14-15H,4-5,8,10-11H2,1-3H3,(H,20,22)(H,23,24)/t14?,15-,19+/m0/s1. The molecule has 130 valence electrons. The summed E-state index contributed by atoms with van der Waals surface area (Å²) in [4.78, 5) is 26.4. The third-order valence-electron chi connectivity index (χ3n) is 6.02. The van der Waals surface area contributed by atoms with E-state index in [0.29, 0.717) is 13.1 Å². The summed E-state index contributed by atoms with van der Waals surface area (Å²) >= 11 is 0. The van der Waals surface area contributed by atoms with Gasteiger partial charge in [-0.2, -0.15) is 0 Å². The molecule has 1 aromatic rings. The van der Waals surface area contributed by atoms with Crippen LogP contribution in [0.2, 0.25) is 0 Å². The molecule has 5 nitrogen and oxygen atoms in total. The zero-order valence-electron chi connectivity index (χ0n) is 14.6. The monoisotopic (exact) mass is 330 g/mol. The number of carbonyl (C=O) groups is 2. The maximum atomic E-state index is 12.6. The third-order valence-corrected chi connectivity index (χ3v) is 6.02. The first-order valence-electron chi connectivity index (χ1n) is 8.69. The number of nitrogens with zero attached hydrogens (tertiary/aromatic N) is 1. The van der Waals surface area contributed by atoms with Crippen LogP contribution in [0.25, 0.3) is 0 Å². The number of amides is 1. The first kappa shape index (κ1) is 17.0. The van der Waals surface area contributed by atoms with Crippen molar-refractivity contribution in [2.45, 2.75) is 46.1 Å². The highest BCUT2D eigenvalue weighted by Gasteiger charge is 2.55. The predicted molar refractivity (Wildman–Crippen MR) is 93.0 cm³/mol. The summed E-state index contributed by atoms with van der Waals surface area (Å²) < 4.78 is 0. The molecule has 1 heterocycles. The molecule has 24 heavy (non-hydrogen) atoms. The van der Waals surface area contributed by atoms with Gasteiger partial charge in [0.1, 0.15) is 0 Å². The second kappa shape index (κ2) is 6.20. The Kier molecular flexibility index (Phi) is 4.38. The van der Waals surface area contributed by atoms with Gasteiger partial charge in [-0.05, 0) is 62.8 Å². The number of hydrogen-bond acceptors (Lipinski definition) is 3. The van der Waals surface area contributed by atoms with Gasteiger partial charge < -0.3 is 10.4 Å². The number of anilines is 1. The minimum absolute atomic E-state index is 0.0706. The highest BCUT2D eigenvalue weighted by atomic mass is 16.4. The van der Waals surface area contributed by atoms with E-state index in [1.165, 1.54) is 5.56 Å². The van der Waals surface area contributed by atoms with Crippen LogP contribution in [0.3, 0.4) is 0 Å². The SMILES string of the molecule is Cc1ccc(NC(=O)C(C)N2C[C@@H]3CCC[C@@]3(C(=O)O)C2)cc1C. The fraction of sp³-hybridized carbons (Fsp3) is 0.579. The molecule has 0 aromatic heterocycles. The highest BCUT2D eigenvalue weighted by molar-refractivity contribution is 5.94. The number of rotatable bonds is 4. The zero-order valence-corrected chi connectivity index (χ0v) is 14.6. The lowest BCUT2D eigenvalue weighted by Gasteiger charge is -2.26. The molecule has 2 N–H and O–H groups in total. The fourth-order valence-corrected chi connectivity index (χ4v) is 4.20. The van der Waals surface area contributed by atoms with Crippen LogP contribution in [0.4, 0.5) is 5.69 Å². The quantitative estimate of drug-likeness (QED) is 0.891. The van der Waals surface area contributed by atoms with Crippen LogP contribution in [0.15, 0.2) is 18.2 Å². The van der Waals surface area contributed by atoms with Gasteiger partial charge in [0.15, 0.2) is 0 Å². The van der Waals surface area contributed by atoms with E-state index in [4.69, 9.17) is 0 Å². The molecule has 2 fully saturated rings. The van der Waals surface area contributed by atoms with Crippen LogP contribution in [-0.2, 0) is 9.59 Å². The van der Waals surface area contributed by atoms with Gasteiger partial charge in [0.2, 0.25) is 5.91 Å². The Morgan fingerprint density at radius 1 is 1.33 bits per heavy atom. The lowest BCUT2D eigenvalue weighted by Crippen LogP contribution is -2.43. The summed E-state index contributed by atoms with van der Waals surface area (Å²) in [5.74, 6) is -0.597. The predicted octanol–water partition coefficient (Wildman–Crippen LogP) is 2.82. The second-order valence-electron chi connectivity index (χ2n) is 7.44. The molecule has 5 heteroatoms. The zero-order chi connectivity index (χ0) is 17.5. The molecular formula is C19H26N2O3. The summed E-state index contributed by atoms with van der Waals surface area (Å²) in [6.07, 6.45) is 2.66. The Balaban J connectivity index is 1.68. The first-order chi connectivity index (χ1) is 11.3. The van der Waals surface area contributed by atoms with Crippen molar-refractivity contribution in [3.63, 3.8) is 0 Å². The number of carboxylic acid groups (broad SMARTS) is 1. The molecule has 3 rings (SSSR count). The minimum atomic E-state index is -0.700. The van der Waals surface area contributed by atoms with Crippen LogP contribution >= 0.6 is 0 Å². The summed E-state index contributed by atoms with van der Waals surface area (Å²) in [6.45, 7) is 7.11. The van der Waals surface area contributed by atoms with Crippen molar-refractivity contribution in [3.05, 3.63) is 29.3 Å². The summed E-state index contributed by atoms with van der Waals surface area (Å²) in [7, 11) is 0. The van der Waals surface area contributed by atoms with Crippen LogP contribution in [0, 0.1) is 25.2 Å². The van der Waals surface area contributed by atoms with Crippen LogP contribution in [0.1, 0.15) is 37.3 Å². The fourth-order valence-electron chi connectivity index (χ4n) is 4.20. The Morgan fingerprint density at radius 3 is 2.71 bits per heavy atom. The van der Waals surface area contributed by atoms with Gasteiger partial charge in [-0.1, -0.05) is 12.5 Å². The van der Waals surface area contributed by atoms with Gasteiger partial charge in [-0.25, -0.2) is 0 Å². The number of hydrogen-bond donors (Lipinski definition) is 2. The molecule has 1 unspecified atom stereocenters. The number of likely N-dealkylation sites (tertiary alicyclic amines) is 1. The van der Waals surface area contributed by atoms with Crippen molar-refractivity contribution >= 4 is 17.6 Å². The van der Waals surface area contributed by atoms with Crippen molar-refractivity contribution < 1.29 is 14.7 Å². The molecule has 1 aliphatic heterocycles. The highest BCUT2D eigenvalue weighted by Crippen LogP contribution is 2.49. The average Bonchev–Trinajstić information content (AvgIpc) is 3.08. The minimum Gasteiger partial charge on any atom is -0.481 e. The maximum absolute atomic E-state index is 12.6. The molecule has 1 amide bonds. The Labute approximate surface area is 143 Å². The maximum Gasteiger partial charge on any atom is 0.311 e. The number of aliphatic carboxylic acids is 1. The number of fused-ring (bicyclic) bond motifs is 1. The van der Waals surface area contributed by atoms with Gasteiger partial charge in [-0.3, -0.25) is 14.5 Å². The van der Waals surface area contributed by atoms with Crippen LogP contribution in [-0.4, -0.2) is 41.0 Å². The third kappa shape index (κ3) is 2.81. The van der Waals surface area contributed by atoms with E-state index >= 15 is 0 Å². The van der Waals surface area contributed by atoms with E-state index < -0.39 is 11.4 Å². The molecule has 1 aliphatic carbocycles. The number of carboxylic acids is 1. The first-order valence-corrected chi connectivity index (χ1v) is 8.69. The van der Waals surface area contributed by atoms with Crippen LogP contribution < -0.4 is 5.32 Å². The molecule has 3 atom stereocenters. The second-order valence-corrected chi connectivity index (χ2v) is 7.44. The topological polar surface area (TPSA) is 69.6 Å². The van der Waals surface area contributed by atoms with Gasteiger partial charge in [0, 0.05) is 18.8 Å². The summed E-state index contributed by atoms with van der Waals surface area (Å²) in [5.41, 5.74) is 2.48. The number of carbonyl (C=O) groups excluding carboxylic acids is 1. The van der Waals surface area contributed by atoms with E-state index in [2.05, 4.69) is 5.32 Å². The molecule has 1 aromatic carbocycles. The van der Waals surface area contributed by atoms with E-state index in [1.807, 2.05) is 43.9 Å². The Morgan fingerprint density at radius 2 is 2.08 bits per heavy atom. The average molecular weight is 330 g/mol. The van der Waals surface area contributed by atoms with Gasteiger partial charge in [0.05, 0.1) is 11.5 Å². The summed E-state index contributed by atoms with van der Waals surface area (Å²) in [6, 6.07) is 5.55. The largest absolute Gasteiger partial charge is 0.481 e. The molecular weight excluding hydrogens is 304 g/mol. The summed E-state index contributed by atoms with van der Waals surface area (Å²) in [5, 5.41) is 12.6. The molecule has 1 saturated carbocycles. The van der Waals surface area contributed by atoms with E-state index in [1.54, 1.807) is 0 Å². The molecule has 0 spiro atoms. The van der Waals surface area contributed by atoms with Crippen molar-refractivity contribution in [3.8, 4) is 0 Å². The Hall–Kier alpha value is -1.88. The van der Waals surface area contributed by atoms with Gasteiger partial charge >= 0.3 is 5.97 Å². The van der Waals surface area contributed by atoms with Crippen LogP contribution in [0.5, 0.6) is 0 Å². The lowest BCUT2D eigenvalue weighted by atomic mass is 9.81. The number of benzene rings is 1. The van der Waals surface area contributed by atoms with Crippen molar-refractivity contribution in [2.24, 2.45) is 11.3 Å².